The van der Waals surface area contributed by atoms with Crippen LogP contribution in [0.1, 0.15) is 29.8 Å². The van der Waals surface area contributed by atoms with Gasteiger partial charge in [-0.2, -0.15) is 18.3 Å². The quantitative estimate of drug-likeness (QED) is 0.430. The number of amides is 1. The predicted octanol–water partition coefficient (Wildman–Crippen LogP) is 5.46. The summed E-state index contributed by atoms with van der Waals surface area (Å²) in [5.41, 5.74) is 1.37. The van der Waals surface area contributed by atoms with Crippen molar-refractivity contribution >= 4 is 28.4 Å². The molecule has 0 fully saturated rings. The average molecular weight is 461 g/mol. The molecule has 0 bridgehead atoms. The Balaban J connectivity index is 1.60. The standard InChI is InChI=1S/C23H20ClF3N4O/c1-14(18-7-4-8-20-19(18)9-10-30(20)2)22(32)28-13-17-12-21(23(25,26)27)29-31(17)16-6-3-5-15(24)11-16/h3-12,14H,13H2,1-2H3,(H,28,32). The van der Waals surface area contributed by atoms with Crippen LogP contribution in [0.15, 0.2) is 60.8 Å². The van der Waals surface area contributed by atoms with E-state index in [2.05, 4.69) is 10.4 Å². The van der Waals surface area contributed by atoms with E-state index in [0.717, 1.165) is 27.2 Å². The highest BCUT2D eigenvalue weighted by molar-refractivity contribution is 6.30. The van der Waals surface area contributed by atoms with E-state index in [1.807, 2.05) is 42.1 Å². The van der Waals surface area contributed by atoms with Gasteiger partial charge in [0.2, 0.25) is 5.91 Å². The first-order chi connectivity index (χ1) is 15.1. The third-order valence-electron chi connectivity index (χ3n) is 5.39. The van der Waals surface area contributed by atoms with Crippen LogP contribution < -0.4 is 5.32 Å². The molecule has 4 aromatic rings. The first kappa shape index (κ1) is 22.0. The topological polar surface area (TPSA) is 51.9 Å². The third kappa shape index (κ3) is 4.23. The van der Waals surface area contributed by atoms with Crippen molar-refractivity contribution in [3.05, 3.63) is 82.8 Å². The van der Waals surface area contributed by atoms with Gasteiger partial charge in [0.1, 0.15) is 0 Å². The van der Waals surface area contributed by atoms with Crippen molar-refractivity contribution < 1.29 is 18.0 Å². The number of nitrogens with one attached hydrogen (secondary N) is 1. The molecule has 1 unspecified atom stereocenters. The summed E-state index contributed by atoms with van der Waals surface area (Å²) in [7, 11) is 1.92. The highest BCUT2D eigenvalue weighted by Crippen LogP contribution is 2.30. The Morgan fingerprint density at radius 1 is 1.16 bits per heavy atom. The number of alkyl halides is 3. The second-order valence-corrected chi connectivity index (χ2v) is 7.99. The number of fused-ring (bicyclic) bond motifs is 1. The lowest BCUT2D eigenvalue weighted by Gasteiger charge is -2.15. The third-order valence-corrected chi connectivity index (χ3v) is 5.63. The van der Waals surface area contributed by atoms with Gasteiger partial charge in [-0.15, -0.1) is 0 Å². The fourth-order valence-corrected chi connectivity index (χ4v) is 3.88. The van der Waals surface area contributed by atoms with Gasteiger partial charge in [0.25, 0.3) is 0 Å². The van der Waals surface area contributed by atoms with E-state index in [1.165, 1.54) is 6.07 Å². The number of benzene rings is 2. The van der Waals surface area contributed by atoms with E-state index in [4.69, 9.17) is 11.6 Å². The summed E-state index contributed by atoms with van der Waals surface area (Å²) in [5.74, 6) is -0.792. The van der Waals surface area contributed by atoms with Crippen LogP contribution in [0.4, 0.5) is 13.2 Å². The number of aryl methyl sites for hydroxylation is 1. The van der Waals surface area contributed by atoms with E-state index in [0.29, 0.717) is 10.7 Å². The molecule has 166 valence electrons. The Labute approximate surface area is 187 Å². The fourth-order valence-electron chi connectivity index (χ4n) is 3.69. The average Bonchev–Trinajstić information content (AvgIpc) is 3.35. The first-order valence-electron chi connectivity index (χ1n) is 9.89. The summed E-state index contributed by atoms with van der Waals surface area (Å²) < 4.78 is 43.0. The second kappa shape index (κ2) is 8.35. The summed E-state index contributed by atoms with van der Waals surface area (Å²) >= 11 is 6.00. The van der Waals surface area contributed by atoms with Crippen molar-refractivity contribution in [1.29, 1.82) is 0 Å². The van der Waals surface area contributed by atoms with Crippen molar-refractivity contribution in [1.82, 2.24) is 19.7 Å². The first-order valence-corrected chi connectivity index (χ1v) is 10.3. The predicted molar refractivity (Wildman–Crippen MR) is 117 cm³/mol. The van der Waals surface area contributed by atoms with Crippen LogP contribution in [0.3, 0.4) is 0 Å². The number of carbonyl (C=O) groups excluding carboxylic acids is 1. The molecule has 1 atom stereocenters. The molecule has 9 heteroatoms. The Kier molecular flexibility index (Phi) is 5.73. The maximum Gasteiger partial charge on any atom is 0.435 e. The Morgan fingerprint density at radius 2 is 1.91 bits per heavy atom. The van der Waals surface area contributed by atoms with Crippen LogP contribution in [0, 0.1) is 0 Å². The van der Waals surface area contributed by atoms with Gasteiger partial charge in [0.05, 0.1) is 23.8 Å². The lowest BCUT2D eigenvalue weighted by Crippen LogP contribution is -2.28. The Bertz CT molecular complexity index is 1290. The molecule has 0 saturated carbocycles. The number of hydrogen-bond donors (Lipinski definition) is 1. The minimum Gasteiger partial charge on any atom is -0.351 e. The Hall–Kier alpha value is -3.26. The van der Waals surface area contributed by atoms with E-state index >= 15 is 0 Å². The highest BCUT2D eigenvalue weighted by Gasteiger charge is 2.35. The second-order valence-electron chi connectivity index (χ2n) is 7.56. The molecule has 1 N–H and O–H groups in total. The number of carbonyl (C=O) groups is 1. The highest BCUT2D eigenvalue weighted by atomic mass is 35.5. The molecule has 0 radical (unpaired) electrons. The summed E-state index contributed by atoms with van der Waals surface area (Å²) in [6.45, 7) is 1.65. The van der Waals surface area contributed by atoms with Crippen molar-refractivity contribution in [2.75, 3.05) is 0 Å². The van der Waals surface area contributed by atoms with Crippen LogP contribution in [0.2, 0.25) is 5.02 Å². The molecule has 2 aromatic heterocycles. The van der Waals surface area contributed by atoms with Crippen molar-refractivity contribution in [3.8, 4) is 5.69 Å². The molecule has 2 aromatic carbocycles. The molecule has 0 aliphatic rings. The number of nitrogens with zero attached hydrogens (tertiary/aromatic N) is 3. The van der Waals surface area contributed by atoms with Crippen molar-refractivity contribution in [2.45, 2.75) is 25.6 Å². The van der Waals surface area contributed by atoms with Gasteiger partial charge in [0.15, 0.2) is 5.69 Å². The summed E-state index contributed by atoms with van der Waals surface area (Å²) in [6, 6.07) is 15.0. The molecule has 0 aliphatic heterocycles. The molecular weight excluding hydrogens is 441 g/mol. The summed E-state index contributed by atoms with van der Waals surface area (Å²) in [6.07, 6.45) is -2.69. The maximum absolute atomic E-state index is 13.3. The molecule has 0 aliphatic carbocycles. The van der Waals surface area contributed by atoms with Gasteiger partial charge in [0, 0.05) is 29.2 Å². The molecule has 4 rings (SSSR count). The van der Waals surface area contributed by atoms with Gasteiger partial charge in [-0.05, 0) is 48.9 Å². The molecule has 0 spiro atoms. The maximum atomic E-state index is 13.3. The van der Waals surface area contributed by atoms with E-state index in [-0.39, 0.29) is 18.1 Å². The fraction of sp³-hybridized carbons (Fsp3) is 0.217. The molecule has 0 saturated heterocycles. The summed E-state index contributed by atoms with van der Waals surface area (Å²) in [4.78, 5) is 12.9. The SMILES string of the molecule is CC(C(=O)NCc1cc(C(F)(F)F)nn1-c1cccc(Cl)c1)c1cccc2c1ccn2C. The zero-order chi connectivity index (χ0) is 23.0. The summed E-state index contributed by atoms with van der Waals surface area (Å²) in [5, 5.41) is 7.77. The van der Waals surface area contributed by atoms with E-state index < -0.39 is 17.8 Å². The van der Waals surface area contributed by atoms with E-state index in [1.54, 1.807) is 25.1 Å². The minimum atomic E-state index is -4.61. The largest absolute Gasteiger partial charge is 0.435 e. The van der Waals surface area contributed by atoms with Crippen LogP contribution in [-0.4, -0.2) is 20.3 Å². The number of hydrogen-bond acceptors (Lipinski definition) is 2. The van der Waals surface area contributed by atoms with Gasteiger partial charge in [-0.25, -0.2) is 4.68 Å². The molecule has 5 nitrogen and oxygen atoms in total. The van der Waals surface area contributed by atoms with E-state index in [9.17, 15) is 18.0 Å². The number of halogens is 4. The van der Waals surface area contributed by atoms with Gasteiger partial charge >= 0.3 is 6.18 Å². The molecular formula is C23H20ClF3N4O. The van der Waals surface area contributed by atoms with Gasteiger partial charge < -0.3 is 9.88 Å². The molecule has 2 heterocycles. The van der Waals surface area contributed by atoms with Gasteiger partial charge in [-0.3, -0.25) is 4.79 Å². The van der Waals surface area contributed by atoms with Crippen molar-refractivity contribution in [3.63, 3.8) is 0 Å². The smallest absolute Gasteiger partial charge is 0.351 e. The zero-order valence-electron chi connectivity index (χ0n) is 17.3. The lowest BCUT2D eigenvalue weighted by molar-refractivity contribution is -0.141. The number of aromatic nitrogens is 3. The molecule has 32 heavy (non-hydrogen) atoms. The van der Waals surface area contributed by atoms with Gasteiger partial charge in [-0.1, -0.05) is 29.8 Å². The van der Waals surface area contributed by atoms with Crippen LogP contribution in [-0.2, 0) is 24.6 Å². The van der Waals surface area contributed by atoms with Crippen LogP contribution >= 0.6 is 11.6 Å². The van der Waals surface area contributed by atoms with Crippen LogP contribution in [0.5, 0.6) is 0 Å². The number of rotatable bonds is 5. The minimum absolute atomic E-state index is 0.121. The normalized spacial score (nSPS) is 12.8. The Morgan fingerprint density at radius 3 is 2.62 bits per heavy atom. The monoisotopic (exact) mass is 460 g/mol. The van der Waals surface area contributed by atoms with Crippen LogP contribution in [0.25, 0.3) is 16.6 Å². The lowest BCUT2D eigenvalue weighted by atomic mass is 9.96. The van der Waals surface area contributed by atoms with Crippen molar-refractivity contribution in [2.24, 2.45) is 7.05 Å². The molecule has 1 amide bonds. The zero-order valence-corrected chi connectivity index (χ0v) is 18.1.